The van der Waals surface area contributed by atoms with Gasteiger partial charge in [0.25, 0.3) is 0 Å². The third-order valence-corrected chi connectivity index (χ3v) is 7.66. The summed E-state index contributed by atoms with van der Waals surface area (Å²) in [7, 11) is 0. The Kier molecular flexibility index (Phi) is 9.20. The van der Waals surface area contributed by atoms with Crippen molar-refractivity contribution >= 4 is 5.91 Å². The molecule has 0 spiro atoms. The molecule has 168 valence electrons. The average molecular weight is 414 g/mol. The second-order valence-electron chi connectivity index (χ2n) is 9.54. The summed E-state index contributed by atoms with van der Waals surface area (Å²) in [6.45, 7) is 8.20. The lowest BCUT2D eigenvalue weighted by Crippen LogP contribution is -2.43. The van der Waals surface area contributed by atoms with Crippen LogP contribution in [0.1, 0.15) is 99.9 Å². The van der Waals surface area contributed by atoms with Crippen molar-refractivity contribution in [1.29, 1.82) is 0 Å². The van der Waals surface area contributed by atoms with Crippen LogP contribution in [0.2, 0.25) is 0 Å². The van der Waals surface area contributed by atoms with Crippen LogP contribution in [0.4, 0.5) is 0 Å². The molecule has 4 nitrogen and oxygen atoms in total. The minimum atomic E-state index is -0.283. The molecule has 1 aromatic rings. The number of nitrogens with zero attached hydrogens (tertiary/aromatic N) is 1. The largest absolute Gasteiger partial charge is 0.366 e. The first-order valence-electron chi connectivity index (χ1n) is 12.5. The Morgan fingerprint density at radius 1 is 1.07 bits per heavy atom. The number of primary amides is 1. The lowest BCUT2D eigenvalue weighted by molar-refractivity contribution is 0.0993. The van der Waals surface area contributed by atoms with E-state index in [1.807, 2.05) is 12.1 Å². The summed E-state index contributed by atoms with van der Waals surface area (Å²) in [4.78, 5) is 14.6. The molecule has 2 aliphatic heterocycles. The fraction of sp³-hybridized carbons (Fsp3) is 0.731. The summed E-state index contributed by atoms with van der Waals surface area (Å²) < 4.78 is 0. The predicted molar refractivity (Wildman–Crippen MR) is 126 cm³/mol. The highest BCUT2D eigenvalue weighted by Crippen LogP contribution is 2.43. The van der Waals surface area contributed by atoms with Gasteiger partial charge in [-0.05, 0) is 81.6 Å². The van der Waals surface area contributed by atoms with Crippen LogP contribution in [0.15, 0.2) is 24.3 Å². The molecule has 3 rings (SSSR count). The van der Waals surface area contributed by atoms with E-state index in [2.05, 4.69) is 36.2 Å². The lowest BCUT2D eigenvalue weighted by Gasteiger charge is -2.39. The molecule has 0 saturated carbocycles. The van der Waals surface area contributed by atoms with Gasteiger partial charge >= 0.3 is 0 Å². The van der Waals surface area contributed by atoms with E-state index in [4.69, 9.17) is 5.73 Å². The Labute approximate surface area is 184 Å². The van der Waals surface area contributed by atoms with Crippen LogP contribution in [-0.4, -0.2) is 42.5 Å². The van der Waals surface area contributed by atoms with Gasteiger partial charge in [0.2, 0.25) is 5.91 Å². The standard InChI is InChI=1S/C26H43N3O/c1-3-20(4-2)19-28-15-9-5-6-10-16-29-22-13-14-23(29)18-21(17-22)24-11-7-8-12-25(24)26(27)30/h7-8,11-12,20-23,28H,3-6,9-10,13-19H2,1-2H3,(H2,27,30). The highest BCUT2D eigenvalue weighted by molar-refractivity contribution is 5.94. The van der Waals surface area contributed by atoms with Crippen molar-refractivity contribution in [3.63, 3.8) is 0 Å². The molecule has 1 aromatic carbocycles. The Bertz CT molecular complexity index is 643. The van der Waals surface area contributed by atoms with E-state index < -0.39 is 0 Å². The number of carbonyl (C=O) groups excluding carboxylic acids is 1. The number of unbranched alkanes of at least 4 members (excludes halogenated alkanes) is 3. The van der Waals surface area contributed by atoms with Crippen LogP contribution in [-0.2, 0) is 0 Å². The summed E-state index contributed by atoms with van der Waals surface area (Å²) in [5, 5.41) is 3.64. The van der Waals surface area contributed by atoms with E-state index in [1.54, 1.807) is 0 Å². The first-order chi connectivity index (χ1) is 14.6. The Morgan fingerprint density at radius 2 is 1.73 bits per heavy atom. The molecule has 0 aliphatic carbocycles. The van der Waals surface area contributed by atoms with Crippen LogP contribution in [0.5, 0.6) is 0 Å². The van der Waals surface area contributed by atoms with Crippen molar-refractivity contribution in [2.45, 2.75) is 96.1 Å². The number of hydrogen-bond donors (Lipinski definition) is 2. The van der Waals surface area contributed by atoms with Gasteiger partial charge in [0.1, 0.15) is 0 Å². The van der Waals surface area contributed by atoms with Gasteiger partial charge in [-0.15, -0.1) is 0 Å². The fourth-order valence-electron chi connectivity index (χ4n) is 5.75. The maximum Gasteiger partial charge on any atom is 0.248 e. The maximum atomic E-state index is 11.8. The second-order valence-corrected chi connectivity index (χ2v) is 9.54. The van der Waals surface area contributed by atoms with Crippen LogP contribution in [0.3, 0.4) is 0 Å². The molecule has 2 heterocycles. The minimum Gasteiger partial charge on any atom is -0.366 e. The average Bonchev–Trinajstić information content (AvgIpc) is 2.99. The number of nitrogens with one attached hydrogen (secondary N) is 1. The van der Waals surface area contributed by atoms with E-state index in [1.165, 1.54) is 89.4 Å². The van der Waals surface area contributed by atoms with Gasteiger partial charge in [-0.25, -0.2) is 0 Å². The molecule has 0 aromatic heterocycles. The zero-order valence-electron chi connectivity index (χ0n) is 19.2. The second kappa shape index (κ2) is 11.9. The fourth-order valence-corrected chi connectivity index (χ4v) is 5.75. The number of fused-ring (bicyclic) bond motifs is 2. The van der Waals surface area contributed by atoms with Gasteiger partial charge in [-0.2, -0.15) is 0 Å². The van der Waals surface area contributed by atoms with E-state index in [0.29, 0.717) is 18.0 Å². The number of nitrogens with two attached hydrogens (primary N) is 1. The molecule has 2 atom stereocenters. The number of hydrogen-bond acceptors (Lipinski definition) is 3. The van der Waals surface area contributed by atoms with E-state index in [0.717, 1.165) is 11.5 Å². The van der Waals surface area contributed by atoms with E-state index in [9.17, 15) is 4.79 Å². The smallest absolute Gasteiger partial charge is 0.248 e. The highest BCUT2D eigenvalue weighted by atomic mass is 16.1. The van der Waals surface area contributed by atoms with Gasteiger partial charge in [-0.3, -0.25) is 9.69 Å². The number of benzene rings is 1. The molecule has 2 aliphatic rings. The summed E-state index contributed by atoms with van der Waals surface area (Å²) in [6, 6.07) is 9.38. The van der Waals surface area contributed by atoms with Gasteiger partial charge in [0.05, 0.1) is 0 Å². The number of amides is 1. The summed E-state index contributed by atoms with van der Waals surface area (Å²) in [5.74, 6) is 1.05. The van der Waals surface area contributed by atoms with Gasteiger partial charge in [0.15, 0.2) is 0 Å². The van der Waals surface area contributed by atoms with E-state index >= 15 is 0 Å². The normalized spacial score (nSPS) is 23.9. The van der Waals surface area contributed by atoms with Crippen LogP contribution in [0.25, 0.3) is 0 Å². The number of rotatable bonds is 13. The van der Waals surface area contributed by atoms with E-state index in [-0.39, 0.29) is 5.91 Å². The zero-order chi connectivity index (χ0) is 21.3. The molecule has 2 bridgehead atoms. The Balaban J connectivity index is 1.36. The molecule has 0 radical (unpaired) electrons. The zero-order valence-corrected chi connectivity index (χ0v) is 19.2. The van der Waals surface area contributed by atoms with Crippen LogP contribution < -0.4 is 11.1 Å². The number of piperidine rings is 1. The van der Waals surface area contributed by atoms with Gasteiger partial charge < -0.3 is 11.1 Å². The van der Waals surface area contributed by atoms with Gasteiger partial charge in [0, 0.05) is 17.6 Å². The first-order valence-corrected chi connectivity index (χ1v) is 12.5. The number of carbonyl (C=O) groups is 1. The molecule has 4 heteroatoms. The molecule has 2 fully saturated rings. The third-order valence-electron chi connectivity index (χ3n) is 7.66. The highest BCUT2D eigenvalue weighted by Gasteiger charge is 2.41. The van der Waals surface area contributed by atoms with Crippen molar-refractivity contribution in [1.82, 2.24) is 10.2 Å². The van der Waals surface area contributed by atoms with Crippen molar-refractivity contribution in [3.05, 3.63) is 35.4 Å². The van der Waals surface area contributed by atoms with Crippen molar-refractivity contribution in [2.75, 3.05) is 19.6 Å². The predicted octanol–water partition coefficient (Wildman–Crippen LogP) is 5.08. The Hall–Kier alpha value is -1.39. The molecule has 30 heavy (non-hydrogen) atoms. The topological polar surface area (TPSA) is 58.4 Å². The summed E-state index contributed by atoms with van der Waals surface area (Å²) in [5.41, 5.74) is 7.55. The van der Waals surface area contributed by atoms with Crippen molar-refractivity contribution in [2.24, 2.45) is 11.7 Å². The maximum absolute atomic E-state index is 11.8. The van der Waals surface area contributed by atoms with Crippen LogP contribution in [0, 0.1) is 5.92 Å². The molecule has 1 amide bonds. The minimum absolute atomic E-state index is 0.283. The Morgan fingerprint density at radius 3 is 2.40 bits per heavy atom. The van der Waals surface area contributed by atoms with Crippen molar-refractivity contribution < 1.29 is 4.79 Å². The molecular formula is C26H43N3O. The van der Waals surface area contributed by atoms with Crippen molar-refractivity contribution in [3.8, 4) is 0 Å². The van der Waals surface area contributed by atoms with Gasteiger partial charge in [-0.1, -0.05) is 57.7 Å². The molecule has 2 saturated heterocycles. The lowest BCUT2D eigenvalue weighted by atomic mass is 9.82. The third kappa shape index (κ3) is 6.07. The molecular weight excluding hydrogens is 370 g/mol. The molecule has 3 N–H and O–H groups in total. The quantitative estimate of drug-likeness (QED) is 0.443. The summed E-state index contributed by atoms with van der Waals surface area (Å²) in [6.07, 6.45) is 12.9. The summed E-state index contributed by atoms with van der Waals surface area (Å²) >= 11 is 0. The monoisotopic (exact) mass is 413 g/mol. The van der Waals surface area contributed by atoms with Crippen LogP contribution >= 0.6 is 0 Å². The SMILES string of the molecule is CCC(CC)CNCCCCCCN1C2CCC1CC(c1ccccc1C(N)=O)C2. The first kappa shape index (κ1) is 23.3. The molecule has 2 unspecified atom stereocenters.